The summed E-state index contributed by atoms with van der Waals surface area (Å²) in [6, 6.07) is 0. The van der Waals surface area contributed by atoms with Crippen molar-refractivity contribution in [1.29, 1.82) is 0 Å². The largest absolute Gasteiger partial charge is 0.328 e. The van der Waals surface area contributed by atoms with Crippen molar-refractivity contribution in [3.63, 3.8) is 0 Å². The number of hydrogen-bond donors (Lipinski definition) is 1. The fraction of sp³-hybridized carbons (Fsp3) is 0.583. The van der Waals surface area contributed by atoms with Gasteiger partial charge in [-0.2, -0.15) is 0 Å². The topological polar surface area (TPSA) is 68.8 Å². The van der Waals surface area contributed by atoms with Crippen LogP contribution in [0.25, 0.3) is 0 Å². The van der Waals surface area contributed by atoms with Gasteiger partial charge >= 0.3 is 0 Å². The quantitative estimate of drug-likeness (QED) is 0.889. The predicted octanol–water partition coefficient (Wildman–Crippen LogP) is 1.51. The Morgan fingerprint density at radius 1 is 1.33 bits per heavy atom. The Morgan fingerprint density at radius 3 is 2.72 bits per heavy atom. The number of rotatable bonds is 4. The Morgan fingerprint density at radius 2 is 2.11 bits per heavy atom. The molecule has 0 unspecified atom stereocenters. The summed E-state index contributed by atoms with van der Waals surface area (Å²) < 4.78 is 6.75. The standard InChI is InChI=1S/C12H19N5O/c1-9-10(16-18-15-9)8-17-6-5-13-11(17)7-14-12(2,3)4/h5-6,14H,7-8H2,1-4H3. The molecule has 0 bridgehead atoms. The molecule has 0 amide bonds. The summed E-state index contributed by atoms with van der Waals surface area (Å²) in [6.07, 6.45) is 3.73. The number of aromatic nitrogens is 4. The number of imidazole rings is 1. The Labute approximate surface area is 106 Å². The highest BCUT2D eigenvalue weighted by Crippen LogP contribution is 2.08. The Kier molecular flexibility index (Phi) is 3.47. The second kappa shape index (κ2) is 4.89. The van der Waals surface area contributed by atoms with Gasteiger partial charge in [-0.15, -0.1) is 0 Å². The molecule has 0 spiro atoms. The third-order valence-electron chi connectivity index (χ3n) is 2.65. The molecule has 6 nitrogen and oxygen atoms in total. The van der Waals surface area contributed by atoms with Crippen molar-refractivity contribution in [3.8, 4) is 0 Å². The van der Waals surface area contributed by atoms with Crippen LogP contribution in [0.3, 0.4) is 0 Å². The zero-order chi connectivity index (χ0) is 13.2. The molecule has 2 aromatic rings. The van der Waals surface area contributed by atoms with Crippen LogP contribution in [0.4, 0.5) is 0 Å². The van der Waals surface area contributed by atoms with E-state index in [1.165, 1.54) is 0 Å². The number of nitrogens with zero attached hydrogens (tertiary/aromatic N) is 4. The van der Waals surface area contributed by atoms with E-state index in [1.54, 1.807) is 6.20 Å². The maximum Gasteiger partial charge on any atom is 0.127 e. The fourth-order valence-corrected chi connectivity index (χ4v) is 1.55. The molecule has 0 aliphatic rings. The minimum Gasteiger partial charge on any atom is -0.328 e. The molecular formula is C12H19N5O. The number of hydrogen-bond acceptors (Lipinski definition) is 5. The molecule has 98 valence electrons. The van der Waals surface area contributed by atoms with Crippen molar-refractivity contribution >= 4 is 0 Å². The lowest BCUT2D eigenvalue weighted by molar-refractivity contribution is 0.300. The minimum absolute atomic E-state index is 0.0716. The van der Waals surface area contributed by atoms with Crippen molar-refractivity contribution in [3.05, 3.63) is 29.6 Å². The van der Waals surface area contributed by atoms with E-state index in [2.05, 4.69) is 41.4 Å². The second-order valence-corrected chi connectivity index (χ2v) is 5.37. The van der Waals surface area contributed by atoms with E-state index in [4.69, 9.17) is 4.63 Å². The SMILES string of the molecule is Cc1nonc1Cn1ccnc1CNC(C)(C)C. The van der Waals surface area contributed by atoms with E-state index in [0.29, 0.717) is 6.54 Å². The Bertz CT molecular complexity index is 509. The average Bonchev–Trinajstić information content (AvgIpc) is 2.86. The Balaban J connectivity index is 2.06. The van der Waals surface area contributed by atoms with Gasteiger partial charge < -0.3 is 9.88 Å². The summed E-state index contributed by atoms with van der Waals surface area (Å²) in [5.74, 6) is 0.979. The van der Waals surface area contributed by atoms with Gasteiger partial charge in [0.1, 0.15) is 17.2 Å². The van der Waals surface area contributed by atoms with Gasteiger partial charge in [0.25, 0.3) is 0 Å². The van der Waals surface area contributed by atoms with E-state index in [-0.39, 0.29) is 5.54 Å². The molecule has 18 heavy (non-hydrogen) atoms. The van der Waals surface area contributed by atoms with Crippen LogP contribution in [0.2, 0.25) is 0 Å². The minimum atomic E-state index is 0.0716. The van der Waals surface area contributed by atoms with Gasteiger partial charge in [-0.25, -0.2) is 9.61 Å². The molecule has 0 saturated heterocycles. The van der Waals surface area contributed by atoms with Crippen molar-refractivity contribution in [1.82, 2.24) is 25.2 Å². The van der Waals surface area contributed by atoms with Crippen LogP contribution in [0.5, 0.6) is 0 Å². The van der Waals surface area contributed by atoms with Gasteiger partial charge in [0.2, 0.25) is 0 Å². The molecule has 0 aliphatic carbocycles. The molecule has 0 aromatic carbocycles. The maximum absolute atomic E-state index is 4.70. The lowest BCUT2D eigenvalue weighted by atomic mass is 10.1. The van der Waals surface area contributed by atoms with Crippen molar-refractivity contribution in [2.45, 2.75) is 46.3 Å². The maximum atomic E-state index is 4.70. The van der Waals surface area contributed by atoms with Crippen molar-refractivity contribution in [2.24, 2.45) is 0 Å². The fourth-order valence-electron chi connectivity index (χ4n) is 1.55. The van der Waals surface area contributed by atoms with E-state index in [1.807, 2.05) is 17.7 Å². The van der Waals surface area contributed by atoms with Gasteiger partial charge in [-0.05, 0) is 27.7 Å². The first-order valence-electron chi connectivity index (χ1n) is 5.99. The highest BCUT2D eigenvalue weighted by atomic mass is 16.6. The summed E-state index contributed by atoms with van der Waals surface area (Å²) in [4.78, 5) is 4.35. The monoisotopic (exact) mass is 249 g/mol. The Hall–Kier alpha value is -1.69. The van der Waals surface area contributed by atoms with Crippen LogP contribution in [0.1, 0.15) is 38.0 Å². The summed E-state index contributed by atoms with van der Waals surface area (Å²) in [7, 11) is 0. The van der Waals surface area contributed by atoms with Crippen LogP contribution in [-0.4, -0.2) is 25.4 Å². The molecule has 6 heteroatoms. The van der Waals surface area contributed by atoms with E-state index in [0.717, 1.165) is 23.8 Å². The third-order valence-corrected chi connectivity index (χ3v) is 2.65. The average molecular weight is 249 g/mol. The number of nitrogens with one attached hydrogen (secondary N) is 1. The highest BCUT2D eigenvalue weighted by molar-refractivity contribution is 5.07. The van der Waals surface area contributed by atoms with Gasteiger partial charge in [-0.1, -0.05) is 10.3 Å². The van der Waals surface area contributed by atoms with Crippen LogP contribution in [-0.2, 0) is 13.1 Å². The zero-order valence-corrected chi connectivity index (χ0v) is 11.3. The van der Waals surface area contributed by atoms with E-state index >= 15 is 0 Å². The molecule has 0 radical (unpaired) electrons. The predicted molar refractivity (Wildman–Crippen MR) is 67.0 cm³/mol. The first-order valence-corrected chi connectivity index (χ1v) is 5.99. The molecule has 1 N–H and O–H groups in total. The lowest BCUT2D eigenvalue weighted by Crippen LogP contribution is -2.36. The van der Waals surface area contributed by atoms with Crippen LogP contribution in [0.15, 0.2) is 17.0 Å². The molecule has 2 rings (SSSR count). The first kappa shape index (κ1) is 12.8. The molecule has 0 aliphatic heterocycles. The molecule has 0 atom stereocenters. The van der Waals surface area contributed by atoms with Crippen LogP contribution in [0, 0.1) is 6.92 Å². The molecule has 0 saturated carbocycles. The van der Waals surface area contributed by atoms with Crippen molar-refractivity contribution < 1.29 is 4.63 Å². The third kappa shape index (κ3) is 3.16. The second-order valence-electron chi connectivity index (χ2n) is 5.37. The number of aryl methyl sites for hydroxylation is 1. The first-order chi connectivity index (χ1) is 8.46. The van der Waals surface area contributed by atoms with Gasteiger partial charge in [0.05, 0.1) is 13.1 Å². The lowest BCUT2D eigenvalue weighted by Gasteiger charge is -2.20. The normalized spacial score (nSPS) is 12.0. The summed E-state index contributed by atoms with van der Waals surface area (Å²) in [5, 5.41) is 11.1. The van der Waals surface area contributed by atoms with Gasteiger partial charge in [0.15, 0.2) is 0 Å². The highest BCUT2D eigenvalue weighted by Gasteiger charge is 2.12. The van der Waals surface area contributed by atoms with Crippen molar-refractivity contribution in [2.75, 3.05) is 0 Å². The van der Waals surface area contributed by atoms with Gasteiger partial charge in [-0.3, -0.25) is 0 Å². The summed E-state index contributed by atoms with van der Waals surface area (Å²) >= 11 is 0. The zero-order valence-electron chi connectivity index (χ0n) is 11.3. The summed E-state index contributed by atoms with van der Waals surface area (Å²) in [6.45, 7) is 9.64. The summed E-state index contributed by atoms with van der Waals surface area (Å²) in [5.41, 5.74) is 1.73. The molecule has 2 heterocycles. The van der Waals surface area contributed by atoms with Gasteiger partial charge in [0, 0.05) is 17.9 Å². The van der Waals surface area contributed by atoms with Crippen LogP contribution >= 0.6 is 0 Å². The van der Waals surface area contributed by atoms with E-state index in [9.17, 15) is 0 Å². The molecular weight excluding hydrogens is 230 g/mol. The van der Waals surface area contributed by atoms with Crippen LogP contribution < -0.4 is 5.32 Å². The molecule has 2 aromatic heterocycles. The smallest absolute Gasteiger partial charge is 0.127 e. The molecule has 0 fully saturated rings. The van der Waals surface area contributed by atoms with E-state index < -0.39 is 0 Å².